The van der Waals surface area contributed by atoms with Gasteiger partial charge in [0.25, 0.3) is 0 Å². The van der Waals surface area contributed by atoms with E-state index in [1.807, 2.05) is 5.32 Å². The number of aliphatic carboxylic acids is 2. The maximum atomic E-state index is 12.7. The van der Waals surface area contributed by atoms with Crippen molar-refractivity contribution in [3.63, 3.8) is 0 Å². The Morgan fingerprint density at radius 1 is 1.03 bits per heavy atom. The summed E-state index contributed by atoms with van der Waals surface area (Å²) >= 11 is 0. The number of nitrogens with one attached hydrogen (secondary N) is 4. The summed E-state index contributed by atoms with van der Waals surface area (Å²) in [6.07, 6.45) is 0.350. The Morgan fingerprint density at radius 2 is 1.65 bits per heavy atom. The highest BCUT2D eigenvalue weighted by Gasteiger charge is 2.33. The third-order valence-corrected chi connectivity index (χ3v) is 4.08. The molecule has 5 atom stereocenters. The van der Waals surface area contributed by atoms with E-state index in [1.54, 1.807) is 0 Å². The van der Waals surface area contributed by atoms with Crippen LogP contribution in [-0.2, 0) is 30.4 Å². The number of aromatic nitrogens is 2. The molecule has 172 valence electrons. The number of hydrogen-bond acceptors (Lipinski definition) is 8. The third kappa shape index (κ3) is 8.39. The van der Waals surface area contributed by atoms with Crippen LogP contribution < -0.4 is 21.7 Å². The lowest BCUT2D eigenvalue weighted by Gasteiger charge is -2.26. The van der Waals surface area contributed by atoms with Crippen molar-refractivity contribution < 1.29 is 39.3 Å². The number of nitrogens with two attached hydrogens (primary N) is 1. The van der Waals surface area contributed by atoms with Crippen LogP contribution in [0.15, 0.2) is 12.5 Å². The number of carbonyl (C=O) groups is 5. The molecule has 1 aromatic heterocycles. The molecule has 0 aromatic carbocycles. The first-order valence-electron chi connectivity index (χ1n) is 9.19. The number of hydrogen-bond donors (Lipinski definition) is 8. The lowest BCUT2D eigenvalue weighted by atomic mass is 10.1. The number of aliphatic hydroxyl groups excluding tert-OH is 1. The molecule has 3 amide bonds. The SMILES string of the molecule is CC(N)C(=O)NC(Cc1cnc[nH]1)C(=O)NC(C(=O)NC(CC(=O)O)C(=O)O)C(C)O. The summed E-state index contributed by atoms with van der Waals surface area (Å²) in [4.78, 5) is 65.6. The number of nitrogens with zero attached hydrogens (tertiary/aromatic N) is 1. The second-order valence-electron chi connectivity index (χ2n) is 6.85. The van der Waals surface area contributed by atoms with Crippen LogP contribution in [0.1, 0.15) is 26.0 Å². The van der Waals surface area contributed by atoms with Gasteiger partial charge in [0.2, 0.25) is 17.7 Å². The highest BCUT2D eigenvalue weighted by Crippen LogP contribution is 2.03. The number of H-pyrrole nitrogens is 1. The summed E-state index contributed by atoms with van der Waals surface area (Å²) in [6, 6.07) is -5.54. The van der Waals surface area contributed by atoms with Gasteiger partial charge in [-0.2, -0.15) is 0 Å². The molecule has 1 heterocycles. The molecule has 1 aromatic rings. The molecule has 0 aliphatic heterocycles. The Kier molecular flexibility index (Phi) is 9.56. The number of carboxylic acid groups (broad SMARTS) is 2. The van der Waals surface area contributed by atoms with Gasteiger partial charge in [-0.05, 0) is 13.8 Å². The van der Waals surface area contributed by atoms with E-state index in [1.165, 1.54) is 26.4 Å². The first kappa shape index (κ1) is 25.5. The van der Waals surface area contributed by atoms with Crippen molar-refractivity contribution in [1.29, 1.82) is 0 Å². The topological polar surface area (TPSA) is 237 Å². The molecule has 5 unspecified atom stereocenters. The van der Waals surface area contributed by atoms with Gasteiger partial charge >= 0.3 is 11.9 Å². The summed E-state index contributed by atoms with van der Waals surface area (Å²) in [7, 11) is 0. The number of imidazole rings is 1. The maximum absolute atomic E-state index is 12.7. The summed E-state index contributed by atoms with van der Waals surface area (Å²) in [6.45, 7) is 2.57. The number of rotatable bonds is 12. The van der Waals surface area contributed by atoms with E-state index < -0.39 is 66.4 Å². The molecule has 14 nitrogen and oxygen atoms in total. The predicted octanol–water partition coefficient (Wildman–Crippen LogP) is -3.31. The summed E-state index contributed by atoms with van der Waals surface area (Å²) in [5.74, 6) is -5.70. The molecule has 0 saturated carbocycles. The normalized spacial score (nSPS) is 15.6. The lowest BCUT2D eigenvalue weighted by molar-refractivity contribution is -0.148. The standard InChI is InChI=1S/C17H26N6O8/c1-7(18)14(27)21-10(3-9-5-19-6-20-9)15(28)23-13(8(2)24)16(29)22-11(17(30)31)4-12(25)26/h5-8,10-11,13,24H,3-4,18H2,1-2H3,(H,19,20)(H,21,27)(H,22,29)(H,23,28)(H,25,26)(H,30,31). The van der Waals surface area contributed by atoms with Gasteiger partial charge in [-0.3, -0.25) is 19.2 Å². The van der Waals surface area contributed by atoms with Crippen molar-refractivity contribution >= 4 is 29.7 Å². The van der Waals surface area contributed by atoms with Gasteiger partial charge in [0, 0.05) is 18.3 Å². The Balaban J connectivity index is 2.98. The van der Waals surface area contributed by atoms with Crippen molar-refractivity contribution in [2.75, 3.05) is 0 Å². The van der Waals surface area contributed by atoms with Crippen LogP contribution in [0, 0.1) is 0 Å². The highest BCUT2D eigenvalue weighted by molar-refractivity contribution is 5.95. The van der Waals surface area contributed by atoms with Crippen molar-refractivity contribution in [3.8, 4) is 0 Å². The smallest absolute Gasteiger partial charge is 0.326 e. The summed E-state index contributed by atoms with van der Waals surface area (Å²) in [5, 5.41) is 34.4. The number of aliphatic hydroxyl groups is 1. The molecular formula is C17H26N6O8. The minimum atomic E-state index is -1.78. The number of carboxylic acids is 2. The molecule has 9 N–H and O–H groups in total. The van der Waals surface area contributed by atoms with E-state index in [2.05, 4.69) is 20.6 Å². The van der Waals surface area contributed by atoms with Crippen molar-refractivity contribution in [1.82, 2.24) is 25.9 Å². The van der Waals surface area contributed by atoms with Gasteiger partial charge < -0.3 is 42.0 Å². The highest BCUT2D eigenvalue weighted by atomic mass is 16.4. The maximum Gasteiger partial charge on any atom is 0.326 e. The van der Waals surface area contributed by atoms with Crippen LogP contribution in [0.4, 0.5) is 0 Å². The number of carbonyl (C=O) groups excluding carboxylic acids is 3. The Hall–Kier alpha value is -3.52. The van der Waals surface area contributed by atoms with Gasteiger partial charge in [-0.15, -0.1) is 0 Å². The molecule has 31 heavy (non-hydrogen) atoms. The van der Waals surface area contributed by atoms with Crippen LogP contribution in [-0.4, -0.2) is 85.2 Å². The Labute approximate surface area is 176 Å². The largest absolute Gasteiger partial charge is 0.481 e. The van der Waals surface area contributed by atoms with E-state index in [0.717, 1.165) is 0 Å². The van der Waals surface area contributed by atoms with E-state index in [4.69, 9.17) is 15.9 Å². The minimum Gasteiger partial charge on any atom is -0.481 e. The first-order chi connectivity index (χ1) is 14.4. The quantitative estimate of drug-likeness (QED) is 0.160. The average Bonchev–Trinajstić information content (AvgIpc) is 3.16. The van der Waals surface area contributed by atoms with E-state index in [-0.39, 0.29) is 6.42 Å². The van der Waals surface area contributed by atoms with E-state index >= 15 is 0 Å². The van der Waals surface area contributed by atoms with Gasteiger partial charge in [-0.1, -0.05) is 0 Å². The molecule has 0 fully saturated rings. The first-order valence-corrected chi connectivity index (χ1v) is 9.19. The molecular weight excluding hydrogens is 416 g/mol. The van der Waals surface area contributed by atoms with Crippen LogP contribution in [0.25, 0.3) is 0 Å². The molecule has 0 bridgehead atoms. The van der Waals surface area contributed by atoms with Crippen molar-refractivity contribution in [2.45, 2.75) is 57.0 Å². The predicted molar refractivity (Wildman–Crippen MR) is 103 cm³/mol. The van der Waals surface area contributed by atoms with Crippen molar-refractivity contribution in [2.24, 2.45) is 5.73 Å². The Bertz CT molecular complexity index is 795. The van der Waals surface area contributed by atoms with Gasteiger partial charge in [-0.25, -0.2) is 9.78 Å². The fourth-order valence-electron chi connectivity index (χ4n) is 2.42. The summed E-state index contributed by atoms with van der Waals surface area (Å²) < 4.78 is 0. The number of aromatic amines is 1. The van der Waals surface area contributed by atoms with Gasteiger partial charge in [0.1, 0.15) is 18.1 Å². The summed E-state index contributed by atoms with van der Waals surface area (Å²) in [5.41, 5.74) is 5.99. The van der Waals surface area contributed by atoms with Crippen LogP contribution in [0.3, 0.4) is 0 Å². The molecule has 0 aliphatic rings. The molecule has 0 saturated heterocycles. The molecule has 14 heteroatoms. The second kappa shape index (κ2) is 11.6. The lowest BCUT2D eigenvalue weighted by Crippen LogP contribution is -2.60. The molecule has 1 rings (SSSR count). The van der Waals surface area contributed by atoms with Gasteiger partial charge in [0.05, 0.1) is 24.9 Å². The Morgan fingerprint density at radius 3 is 2.10 bits per heavy atom. The molecule has 0 aliphatic carbocycles. The zero-order valence-electron chi connectivity index (χ0n) is 16.9. The molecule has 0 spiro atoms. The minimum absolute atomic E-state index is 0.0464. The van der Waals surface area contributed by atoms with E-state index in [0.29, 0.717) is 5.69 Å². The van der Waals surface area contributed by atoms with Crippen LogP contribution in [0.2, 0.25) is 0 Å². The van der Waals surface area contributed by atoms with Gasteiger partial charge in [0.15, 0.2) is 0 Å². The second-order valence-corrected chi connectivity index (χ2v) is 6.85. The van der Waals surface area contributed by atoms with Crippen LogP contribution in [0.5, 0.6) is 0 Å². The fourth-order valence-corrected chi connectivity index (χ4v) is 2.42. The zero-order valence-corrected chi connectivity index (χ0v) is 16.9. The third-order valence-electron chi connectivity index (χ3n) is 4.08. The zero-order chi connectivity index (χ0) is 23.7. The van der Waals surface area contributed by atoms with Crippen molar-refractivity contribution in [3.05, 3.63) is 18.2 Å². The fraction of sp³-hybridized carbons (Fsp3) is 0.529. The number of amides is 3. The average molecular weight is 442 g/mol. The van der Waals surface area contributed by atoms with Crippen LogP contribution >= 0.6 is 0 Å². The monoisotopic (exact) mass is 442 g/mol. The molecule has 0 radical (unpaired) electrons. The van der Waals surface area contributed by atoms with E-state index in [9.17, 15) is 29.1 Å².